The molecule has 0 bridgehead atoms. The third-order valence-corrected chi connectivity index (χ3v) is 7.15. The van der Waals surface area contributed by atoms with Gasteiger partial charge in [0.25, 0.3) is 0 Å². The van der Waals surface area contributed by atoms with Gasteiger partial charge in [0.2, 0.25) is 11.0 Å². The van der Waals surface area contributed by atoms with Gasteiger partial charge in [0, 0.05) is 28.7 Å². The predicted octanol–water partition coefficient (Wildman–Crippen LogP) is 5.91. The van der Waals surface area contributed by atoms with E-state index in [2.05, 4.69) is 12.6 Å². The molecule has 1 aliphatic rings. The summed E-state index contributed by atoms with van der Waals surface area (Å²) in [5, 5.41) is -0.0505. The van der Waals surface area contributed by atoms with Crippen LogP contribution in [0.1, 0.15) is 35.7 Å². The Balaban J connectivity index is 0.000000444. The molecule has 0 radical (unpaired) electrons. The van der Waals surface area contributed by atoms with Gasteiger partial charge in [-0.1, -0.05) is 97.5 Å². The van der Waals surface area contributed by atoms with Crippen LogP contribution in [0, 0.1) is 5.92 Å². The molecule has 1 fully saturated rings. The highest BCUT2D eigenvalue weighted by Crippen LogP contribution is 2.24. The van der Waals surface area contributed by atoms with Crippen LogP contribution in [0.15, 0.2) is 95.9 Å². The Hall–Kier alpha value is -3.03. The van der Waals surface area contributed by atoms with Crippen molar-refractivity contribution in [2.45, 2.75) is 37.3 Å². The van der Waals surface area contributed by atoms with E-state index < -0.39 is 6.04 Å². The van der Waals surface area contributed by atoms with Gasteiger partial charge >= 0.3 is 5.97 Å². The maximum atomic E-state index is 12.9. The first-order chi connectivity index (χ1) is 17.5. The Morgan fingerprint density at radius 2 is 1.53 bits per heavy atom. The molecule has 0 N–H and O–H groups in total. The summed E-state index contributed by atoms with van der Waals surface area (Å²) in [5.74, 6) is -0.429. The molecule has 2 unspecified atom stereocenters. The second-order valence-electron chi connectivity index (χ2n) is 8.48. The molecule has 2 atom stereocenters. The Morgan fingerprint density at radius 1 is 0.944 bits per heavy atom. The van der Waals surface area contributed by atoms with Crippen LogP contribution >= 0.6 is 24.4 Å². The van der Waals surface area contributed by atoms with E-state index in [-0.39, 0.29) is 29.5 Å². The summed E-state index contributed by atoms with van der Waals surface area (Å²) in [5.41, 5.74) is 1.54. The van der Waals surface area contributed by atoms with E-state index in [4.69, 9.17) is 4.74 Å². The minimum Gasteiger partial charge on any atom is -0.459 e. The molecular formula is C29H31NO4S2. The molecule has 0 saturated carbocycles. The highest BCUT2D eigenvalue weighted by Gasteiger charge is 2.37. The minimum atomic E-state index is -0.538. The van der Waals surface area contributed by atoms with E-state index >= 15 is 0 Å². The van der Waals surface area contributed by atoms with Crippen LogP contribution in [0.4, 0.5) is 0 Å². The summed E-state index contributed by atoms with van der Waals surface area (Å²) in [4.78, 5) is 40.3. The molecule has 5 nitrogen and oxygen atoms in total. The molecule has 188 valence electrons. The number of nitrogens with zero attached hydrogens (tertiary/aromatic N) is 1. The Kier molecular flexibility index (Phi) is 11.1. The van der Waals surface area contributed by atoms with Crippen LogP contribution in [0.5, 0.6) is 0 Å². The first-order valence-corrected chi connectivity index (χ1v) is 13.4. The van der Waals surface area contributed by atoms with Crippen LogP contribution < -0.4 is 0 Å². The summed E-state index contributed by atoms with van der Waals surface area (Å²) in [7, 11) is 0. The minimum absolute atomic E-state index is 0.0505. The van der Waals surface area contributed by atoms with E-state index in [9.17, 15) is 14.4 Å². The number of likely N-dealkylation sites (tertiary alicyclic amines) is 1. The predicted molar refractivity (Wildman–Crippen MR) is 147 cm³/mol. The number of hydrogen-bond acceptors (Lipinski definition) is 6. The van der Waals surface area contributed by atoms with Gasteiger partial charge in [-0.05, 0) is 30.5 Å². The van der Waals surface area contributed by atoms with E-state index in [0.29, 0.717) is 24.3 Å². The number of thiol groups is 1. The van der Waals surface area contributed by atoms with Crippen molar-refractivity contribution in [3.63, 3.8) is 0 Å². The summed E-state index contributed by atoms with van der Waals surface area (Å²) >= 11 is 5.22. The zero-order chi connectivity index (χ0) is 25.8. The Bertz CT molecular complexity index is 1110. The highest BCUT2D eigenvalue weighted by molar-refractivity contribution is 8.14. The fraction of sp³-hybridized carbons (Fsp3) is 0.276. The smallest absolute Gasteiger partial charge is 0.329 e. The van der Waals surface area contributed by atoms with Crippen molar-refractivity contribution < 1.29 is 19.1 Å². The van der Waals surface area contributed by atoms with Gasteiger partial charge in [-0.2, -0.15) is 0 Å². The second-order valence-corrected chi connectivity index (χ2v) is 9.99. The zero-order valence-corrected chi connectivity index (χ0v) is 22.0. The number of carbonyl (C=O) groups is 3. The van der Waals surface area contributed by atoms with Gasteiger partial charge in [0.15, 0.2) is 0 Å². The molecule has 0 aromatic heterocycles. The molecular weight excluding hydrogens is 490 g/mol. The lowest BCUT2D eigenvalue weighted by Gasteiger charge is -2.26. The van der Waals surface area contributed by atoms with Crippen LogP contribution in [0.25, 0.3) is 0 Å². The quantitative estimate of drug-likeness (QED) is 0.310. The summed E-state index contributed by atoms with van der Waals surface area (Å²) < 4.78 is 5.44. The standard InChI is InChI=1S/C23H25NO4S.C6H6S/c1-17(16-29-23(27)19-11-6-3-7-12-19)21(25)24-14-8-13-20(24)22(26)28-15-18-9-4-2-5-10-18;7-6-4-2-1-3-5-6/h2-7,9-12,17,20H,8,13-16H2,1H3;1-5,7H. The number of rotatable bonds is 7. The van der Waals surface area contributed by atoms with Gasteiger partial charge in [0.1, 0.15) is 12.6 Å². The van der Waals surface area contributed by atoms with Crippen molar-refractivity contribution in [2.24, 2.45) is 5.92 Å². The third kappa shape index (κ3) is 8.57. The van der Waals surface area contributed by atoms with Crippen molar-refractivity contribution >= 4 is 41.4 Å². The number of thioether (sulfide) groups is 1. The fourth-order valence-corrected chi connectivity index (χ4v) is 4.76. The molecule has 3 aromatic carbocycles. The monoisotopic (exact) mass is 521 g/mol. The SMILES string of the molecule is CC(CSC(=O)c1ccccc1)C(=O)N1CCCC1C(=O)OCc1ccccc1.Sc1ccccc1. The Labute approximate surface area is 222 Å². The first-order valence-electron chi connectivity index (χ1n) is 11.9. The molecule has 3 aromatic rings. The van der Waals surface area contributed by atoms with Crippen LogP contribution in [-0.2, 0) is 20.9 Å². The van der Waals surface area contributed by atoms with Crippen LogP contribution in [0.3, 0.4) is 0 Å². The van der Waals surface area contributed by atoms with Gasteiger partial charge in [0.05, 0.1) is 0 Å². The lowest BCUT2D eigenvalue weighted by atomic mass is 10.1. The van der Waals surface area contributed by atoms with Crippen molar-refractivity contribution in [1.29, 1.82) is 0 Å². The fourth-order valence-electron chi connectivity index (χ4n) is 3.74. The topological polar surface area (TPSA) is 63.7 Å². The molecule has 1 aliphatic heterocycles. The lowest BCUT2D eigenvalue weighted by molar-refractivity contribution is -0.155. The van der Waals surface area contributed by atoms with Crippen LogP contribution in [-0.4, -0.2) is 40.2 Å². The van der Waals surface area contributed by atoms with E-state index in [1.165, 1.54) is 0 Å². The average Bonchev–Trinajstić information content (AvgIpc) is 3.42. The molecule has 1 amide bonds. The lowest BCUT2D eigenvalue weighted by Crippen LogP contribution is -2.44. The molecule has 0 spiro atoms. The largest absolute Gasteiger partial charge is 0.459 e. The number of ether oxygens (including phenoxy) is 1. The van der Waals surface area contributed by atoms with Gasteiger partial charge in [-0.15, -0.1) is 12.6 Å². The second kappa shape index (κ2) is 14.5. The van der Waals surface area contributed by atoms with Crippen molar-refractivity contribution in [2.75, 3.05) is 12.3 Å². The Morgan fingerprint density at radius 3 is 2.11 bits per heavy atom. The van der Waals surface area contributed by atoms with E-state index in [1.54, 1.807) is 24.0 Å². The van der Waals surface area contributed by atoms with Crippen molar-refractivity contribution in [3.05, 3.63) is 102 Å². The number of carbonyl (C=O) groups excluding carboxylic acids is 3. The van der Waals surface area contributed by atoms with E-state index in [0.717, 1.165) is 28.6 Å². The van der Waals surface area contributed by atoms with E-state index in [1.807, 2.05) is 78.9 Å². The molecule has 4 rings (SSSR count). The zero-order valence-electron chi connectivity index (χ0n) is 20.3. The van der Waals surface area contributed by atoms with Crippen molar-refractivity contribution in [3.8, 4) is 0 Å². The maximum Gasteiger partial charge on any atom is 0.329 e. The van der Waals surface area contributed by atoms with Gasteiger partial charge in [-0.3, -0.25) is 9.59 Å². The molecule has 1 saturated heterocycles. The normalized spacial score (nSPS) is 15.4. The van der Waals surface area contributed by atoms with Crippen LogP contribution in [0.2, 0.25) is 0 Å². The van der Waals surface area contributed by atoms with Gasteiger partial charge in [-0.25, -0.2) is 4.79 Å². The molecule has 0 aliphatic carbocycles. The van der Waals surface area contributed by atoms with Crippen molar-refractivity contribution in [1.82, 2.24) is 4.90 Å². The number of hydrogen-bond donors (Lipinski definition) is 1. The third-order valence-electron chi connectivity index (χ3n) is 5.68. The summed E-state index contributed by atoms with van der Waals surface area (Å²) in [6.45, 7) is 2.55. The first kappa shape index (κ1) is 27.6. The maximum absolute atomic E-state index is 12.9. The number of esters is 1. The average molecular weight is 522 g/mol. The summed E-state index contributed by atoms with van der Waals surface area (Å²) in [6.07, 6.45) is 1.39. The molecule has 36 heavy (non-hydrogen) atoms. The molecule has 1 heterocycles. The number of amides is 1. The summed E-state index contributed by atoms with van der Waals surface area (Å²) in [6, 6.07) is 27.8. The van der Waals surface area contributed by atoms with Gasteiger partial charge < -0.3 is 9.64 Å². The number of benzene rings is 3. The highest BCUT2D eigenvalue weighted by atomic mass is 32.2. The molecule has 7 heteroatoms.